The van der Waals surface area contributed by atoms with Crippen molar-refractivity contribution in [3.8, 4) is 0 Å². The van der Waals surface area contributed by atoms with Gasteiger partial charge < -0.3 is 15.6 Å². The highest BCUT2D eigenvalue weighted by atomic mass is 32.2. The topological polar surface area (TPSA) is 56.9 Å². The molecule has 5 heteroatoms. The predicted octanol–water partition coefficient (Wildman–Crippen LogP) is 4.21. The minimum absolute atomic E-state index is 0.208. The highest BCUT2D eigenvalue weighted by Gasteiger charge is 2.06. The van der Waals surface area contributed by atoms with E-state index in [4.69, 9.17) is 0 Å². The summed E-state index contributed by atoms with van der Waals surface area (Å²) in [6, 6.07) is 17.6. The zero-order valence-electron chi connectivity index (χ0n) is 12.2. The normalized spacial score (nSPS) is 10.6. The van der Waals surface area contributed by atoms with E-state index in [2.05, 4.69) is 15.6 Å². The number of hydrogen-bond donors (Lipinski definition) is 3. The summed E-state index contributed by atoms with van der Waals surface area (Å²) in [5, 5.41) is 6.90. The largest absolute Gasteiger partial charge is 0.357 e. The molecule has 0 spiro atoms. The van der Waals surface area contributed by atoms with Gasteiger partial charge in [-0.05, 0) is 35.9 Å². The summed E-state index contributed by atoms with van der Waals surface area (Å²) in [5.41, 5.74) is 2.88. The zero-order valence-corrected chi connectivity index (χ0v) is 13.0. The Morgan fingerprint density at radius 2 is 1.91 bits per heavy atom. The Labute approximate surface area is 133 Å². The third-order valence-corrected chi connectivity index (χ3v) is 4.18. The van der Waals surface area contributed by atoms with Gasteiger partial charge in [-0.2, -0.15) is 0 Å². The fraction of sp³-hybridized carbons (Fsp3) is 0.118. The third kappa shape index (κ3) is 3.26. The summed E-state index contributed by atoms with van der Waals surface area (Å²) in [7, 11) is 0. The summed E-state index contributed by atoms with van der Waals surface area (Å²) in [4.78, 5) is 16.4. The van der Waals surface area contributed by atoms with Crippen LogP contribution in [0, 0.1) is 0 Å². The van der Waals surface area contributed by atoms with E-state index in [9.17, 15) is 4.79 Å². The summed E-state index contributed by atoms with van der Waals surface area (Å²) in [6.07, 6.45) is 1.99. The van der Waals surface area contributed by atoms with Gasteiger partial charge in [-0.25, -0.2) is 4.79 Å². The number of urea groups is 1. The molecule has 2 aromatic carbocycles. The third-order valence-electron chi connectivity index (χ3n) is 3.38. The van der Waals surface area contributed by atoms with Gasteiger partial charge in [-0.15, -0.1) is 11.8 Å². The molecular weight excluding hydrogens is 294 g/mol. The van der Waals surface area contributed by atoms with E-state index >= 15 is 0 Å². The number of para-hydroxylation sites is 2. The van der Waals surface area contributed by atoms with Crippen molar-refractivity contribution in [3.63, 3.8) is 0 Å². The lowest BCUT2D eigenvalue weighted by Gasteiger charge is -2.10. The number of carbonyl (C=O) groups is 1. The second-order valence-corrected chi connectivity index (χ2v) is 5.74. The van der Waals surface area contributed by atoms with Crippen LogP contribution < -0.4 is 10.6 Å². The highest BCUT2D eigenvalue weighted by molar-refractivity contribution is 7.98. The van der Waals surface area contributed by atoms with Gasteiger partial charge in [0, 0.05) is 16.1 Å². The number of hydrogen-bond acceptors (Lipinski definition) is 2. The maximum atomic E-state index is 12.0. The van der Waals surface area contributed by atoms with Crippen molar-refractivity contribution in [1.29, 1.82) is 0 Å². The Kier molecular flexibility index (Phi) is 4.34. The van der Waals surface area contributed by atoms with Crippen LogP contribution in [-0.2, 0) is 6.54 Å². The lowest BCUT2D eigenvalue weighted by molar-refractivity contribution is 0.251. The van der Waals surface area contributed by atoms with Crippen molar-refractivity contribution in [3.05, 3.63) is 60.3 Å². The SMILES string of the molecule is CSc1ccccc1NC(=O)NCc1cc2ccccc2[nH]1. The Morgan fingerprint density at radius 3 is 2.73 bits per heavy atom. The van der Waals surface area contributed by atoms with E-state index in [-0.39, 0.29) is 6.03 Å². The number of anilines is 1. The molecular formula is C17H17N3OS. The number of amides is 2. The number of aromatic nitrogens is 1. The number of H-pyrrole nitrogens is 1. The molecule has 0 bridgehead atoms. The first kappa shape index (κ1) is 14.5. The van der Waals surface area contributed by atoms with E-state index in [1.165, 1.54) is 0 Å². The van der Waals surface area contributed by atoms with Crippen molar-refractivity contribution in [2.24, 2.45) is 0 Å². The average Bonchev–Trinajstić information content (AvgIpc) is 2.96. The first-order valence-corrected chi connectivity index (χ1v) is 8.23. The fourth-order valence-electron chi connectivity index (χ4n) is 2.32. The van der Waals surface area contributed by atoms with Crippen molar-refractivity contribution in [2.45, 2.75) is 11.4 Å². The van der Waals surface area contributed by atoms with Crippen LogP contribution in [0.1, 0.15) is 5.69 Å². The number of nitrogens with one attached hydrogen (secondary N) is 3. The summed E-state index contributed by atoms with van der Waals surface area (Å²) in [5.74, 6) is 0. The van der Waals surface area contributed by atoms with E-state index in [0.29, 0.717) is 6.54 Å². The molecule has 112 valence electrons. The van der Waals surface area contributed by atoms with Crippen LogP contribution in [-0.4, -0.2) is 17.3 Å². The molecule has 0 fully saturated rings. The molecule has 0 aliphatic carbocycles. The highest BCUT2D eigenvalue weighted by Crippen LogP contribution is 2.24. The van der Waals surface area contributed by atoms with E-state index in [1.807, 2.05) is 60.9 Å². The quantitative estimate of drug-likeness (QED) is 0.632. The number of thioether (sulfide) groups is 1. The van der Waals surface area contributed by atoms with Crippen LogP contribution in [0.15, 0.2) is 59.5 Å². The lowest BCUT2D eigenvalue weighted by atomic mass is 10.2. The van der Waals surface area contributed by atoms with Gasteiger partial charge in [0.25, 0.3) is 0 Å². The van der Waals surface area contributed by atoms with Gasteiger partial charge in [0.2, 0.25) is 0 Å². The molecule has 0 aliphatic rings. The summed E-state index contributed by atoms with van der Waals surface area (Å²) >= 11 is 1.61. The zero-order chi connectivity index (χ0) is 15.4. The van der Waals surface area contributed by atoms with Crippen LogP contribution in [0.3, 0.4) is 0 Å². The summed E-state index contributed by atoms with van der Waals surface area (Å²) in [6.45, 7) is 0.460. The standard InChI is InChI=1S/C17H17N3OS/c1-22-16-9-5-4-8-15(16)20-17(21)18-11-13-10-12-6-2-3-7-14(12)19-13/h2-10,19H,11H2,1H3,(H2,18,20,21). The first-order valence-electron chi connectivity index (χ1n) is 7.01. The van der Waals surface area contributed by atoms with Gasteiger partial charge in [0.1, 0.15) is 0 Å². The van der Waals surface area contributed by atoms with Crippen molar-refractivity contribution >= 4 is 34.4 Å². The smallest absolute Gasteiger partial charge is 0.319 e. The number of aromatic amines is 1. The molecule has 1 heterocycles. The lowest BCUT2D eigenvalue weighted by Crippen LogP contribution is -2.28. The molecule has 3 N–H and O–H groups in total. The van der Waals surface area contributed by atoms with Gasteiger partial charge in [-0.3, -0.25) is 0 Å². The number of benzene rings is 2. The monoisotopic (exact) mass is 311 g/mol. The molecule has 22 heavy (non-hydrogen) atoms. The minimum atomic E-state index is -0.208. The predicted molar refractivity (Wildman–Crippen MR) is 92.4 cm³/mol. The maximum absolute atomic E-state index is 12.0. The van der Waals surface area contributed by atoms with Crippen LogP contribution in [0.5, 0.6) is 0 Å². The van der Waals surface area contributed by atoms with Crippen LogP contribution in [0.2, 0.25) is 0 Å². The van der Waals surface area contributed by atoms with Crippen molar-refractivity contribution < 1.29 is 4.79 Å². The minimum Gasteiger partial charge on any atom is -0.357 e. The fourth-order valence-corrected chi connectivity index (χ4v) is 2.87. The Hall–Kier alpha value is -2.40. The first-order chi connectivity index (χ1) is 10.8. The van der Waals surface area contributed by atoms with Gasteiger partial charge >= 0.3 is 6.03 Å². The van der Waals surface area contributed by atoms with Crippen LogP contribution in [0.25, 0.3) is 10.9 Å². The maximum Gasteiger partial charge on any atom is 0.319 e. The average molecular weight is 311 g/mol. The molecule has 0 radical (unpaired) electrons. The number of rotatable bonds is 4. The van der Waals surface area contributed by atoms with Gasteiger partial charge in [-0.1, -0.05) is 30.3 Å². The van der Waals surface area contributed by atoms with Crippen LogP contribution >= 0.6 is 11.8 Å². The van der Waals surface area contributed by atoms with Gasteiger partial charge in [0.15, 0.2) is 0 Å². The molecule has 4 nitrogen and oxygen atoms in total. The van der Waals surface area contributed by atoms with Crippen molar-refractivity contribution in [2.75, 3.05) is 11.6 Å². The Bertz CT molecular complexity index is 764. The van der Waals surface area contributed by atoms with Gasteiger partial charge in [0.05, 0.1) is 12.2 Å². The van der Waals surface area contributed by atoms with E-state index < -0.39 is 0 Å². The van der Waals surface area contributed by atoms with Crippen LogP contribution in [0.4, 0.5) is 10.5 Å². The molecule has 2 amide bonds. The molecule has 0 atom stereocenters. The molecule has 0 aliphatic heterocycles. The van der Waals surface area contributed by atoms with E-state index in [0.717, 1.165) is 27.2 Å². The molecule has 3 rings (SSSR count). The van der Waals surface area contributed by atoms with Crippen molar-refractivity contribution in [1.82, 2.24) is 10.3 Å². The second kappa shape index (κ2) is 6.58. The molecule has 3 aromatic rings. The second-order valence-electron chi connectivity index (χ2n) is 4.89. The molecule has 0 unspecified atom stereocenters. The molecule has 0 saturated heterocycles. The Morgan fingerprint density at radius 1 is 1.14 bits per heavy atom. The Balaban J connectivity index is 1.62. The summed E-state index contributed by atoms with van der Waals surface area (Å²) < 4.78 is 0. The molecule has 1 aromatic heterocycles. The molecule has 0 saturated carbocycles. The van der Waals surface area contributed by atoms with E-state index in [1.54, 1.807) is 11.8 Å². The number of carbonyl (C=O) groups excluding carboxylic acids is 1. The number of fused-ring (bicyclic) bond motifs is 1.